The minimum Gasteiger partial charge on any atom is -0.491 e. The summed E-state index contributed by atoms with van der Waals surface area (Å²) in [6.45, 7) is 4.73. The highest BCUT2D eigenvalue weighted by molar-refractivity contribution is 5.62. The van der Waals surface area contributed by atoms with Crippen LogP contribution in [0.1, 0.15) is 31.9 Å². The zero-order valence-electron chi connectivity index (χ0n) is 12.0. The summed E-state index contributed by atoms with van der Waals surface area (Å²) in [7, 11) is 0. The topological polar surface area (TPSA) is 44.5 Å². The second kappa shape index (κ2) is 6.85. The molecule has 2 aromatic rings. The number of para-hydroxylation sites is 1. The van der Waals surface area contributed by atoms with E-state index in [-0.39, 0.29) is 6.10 Å². The Labute approximate surface area is 120 Å². The Morgan fingerprint density at radius 3 is 2.40 bits per heavy atom. The van der Waals surface area contributed by atoms with Crippen LogP contribution in [-0.2, 0) is 0 Å². The highest BCUT2D eigenvalue weighted by Crippen LogP contribution is 2.34. The van der Waals surface area contributed by atoms with E-state index in [1.165, 1.54) is 0 Å². The van der Waals surface area contributed by atoms with Gasteiger partial charge >= 0.3 is 0 Å². The van der Waals surface area contributed by atoms with E-state index in [1.54, 1.807) is 0 Å². The van der Waals surface area contributed by atoms with Crippen molar-refractivity contribution in [1.29, 1.82) is 0 Å². The minimum absolute atomic E-state index is 0.0556. The number of anilines is 1. The van der Waals surface area contributed by atoms with Gasteiger partial charge in [-0.3, -0.25) is 0 Å². The van der Waals surface area contributed by atoms with E-state index in [1.807, 2.05) is 55.5 Å². The molecule has 0 aliphatic rings. The molecule has 0 radical (unpaired) electrons. The predicted octanol–water partition coefficient (Wildman–Crippen LogP) is 4.20. The summed E-state index contributed by atoms with van der Waals surface area (Å²) in [5.74, 6) is 1.35. The van der Waals surface area contributed by atoms with Crippen molar-refractivity contribution in [2.24, 2.45) is 0 Å². The van der Waals surface area contributed by atoms with E-state index in [9.17, 15) is 0 Å². The van der Waals surface area contributed by atoms with Gasteiger partial charge in [0.1, 0.15) is 23.3 Å². The van der Waals surface area contributed by atoms with Gasteiger partial charge in [0.15, 0.2) is 0 Å². The van der Waals surface area contributed by atoms with Gasteiger partial charge in [-0.1, -0.05) is 43.3 Å². The van der Waals surface area contributed by atoms with Crippen LogP contribution >= 0.6 is 0 Å². The van der Waals surface area contributed by atoms with E-state index < -0.39 is 0 Å². The molecule has 0 fully saturated rings. The lowest BCUT2D eigenvalue weighted by atomic mass is 10.1. The molecule has 3 nitrogen and oxygen atoms in total. The molecule has 0 bridgehead atoms. The summed E-state index contributed by atoms with van der Waals surface area (Å²) in [6, 6.07) is 15.7. The number of hydrogen-bond donors (Lipinski definition) is 1. The van der Waals surface area contributed by atoms with Crippen molar-refractivity contribution in [1.82, 2.24) is 0 Å². The van der Waals surface area contributed by atoms with E-state index >= 15 is 0 Å². The fourth-order valence-corrected chi connectivity index (χ4v) is 1.95. The van der Waals surface area contributed by atoms with Crippen molar-refractivity contribution in [3.63, 3.8) is 0 Å². The smallest absolute Gasteiger partial charge is 0.146 e. The van der Waals surface area contributed by atoms with Crippen molar-refractivity contribution >= 4 is 5.69 Å². The van der Waals surface area contributed by atoms with Crippen LogP contribution in [0.25, 0.3) is 0 Å². The summed E-state index contributed by atoms with van der Waals surface area (Å²) in [6.07, 6.45) is 0.894. The lowest BCUT2D eigenvalue weighted by Crippen LogP contribution is -2.06. The molecule has 0 amide bonds. The van der Waals surface area contributed by atoms with Crippen molar-refractivity contribution in [3.05, 3.63) is 54.1 Å². The molecule has 0 heterocycles. The largest absolute Gasteiger partial charge is 0.491 e. The first-order valence-electron chi connectivity index (χ1n) is 6.95. The molecule has 106 valence electrons. The maximum atomic E-state index is 6.10. The van der Waals surface area contributed by atoms with Crippen LogP contribution in [0, 0.1) is 0 Å². The van der Waals surface area contributed by atoms with E-state index in [0.717, 1.165) is 12.0 Å². The number of nitrogen functional groups attached to an aromatic ring is 1. The Morgan fingerprint density at radius 1 is 1.00 bits per heavy atom. The van der Waals surface area contributed by atoms with Crippen molar-refractivity contribution < 1.29 is 9.47 Å². The summed E-state index contributed by atoms with van der Waals surface area (Å²) >= 11 is 0. The Kier molecular flexibility index (Phi) is 4.88. The molecule has 20 heavy (non-hydrogen) atoms. The second-order valence-corrected chi connectivity index (χ2v) is 4.69. The third-order valence-corrected chi connectivity index (χ3v) is 3.06. The molecule has 1 atom stereocenters. The molecule has 2 N–H and O–H groups in total. The van der Waals surface area contributed by atoms with Gasteiger partial charge in [-0.2, -0.15) is 0 Å². The van der Waals surface area contributed by atoms with Gasteiger partial charge < -0.3 is 15.2 Å². The van der Waals surface area contributed by atoms with Crippen LogP contribution < -0.4 is 15.2 Å². The van der Waals surface area contributed by atoms with Crippen LogP contribution in [0.5, 0.6) is 11.5 Å². The number of ether oxygens (including phenoxy) is 2. The van der Waals surface area contributed by atoms with Crippen LogP contribution in [-0.4, -0.2) is 6.61 Å². The minimum atomic E-state index is -0.0556. The molecule has 0 saturated carbocycles. The highest BCUT2D eigenvalue weighted by Gasteiger charge is 2.11. The maximum absolute atomic E-state index is 6.10. The third-order valence-electron chi connectivity index (χ3n) is 3.06. The molecule has 0 aliphatic heterocycles. The number of rotatable bonds is 6. The molecule has 2 aromatic carbocycles. The first-order chi connectivity index (χ1) is 9.72. The summed E-state index contributed by atoms with van der Waals surface area (Å²) in [5.41, 5.74) is 7.78. The molecule has 2 rings (SSSR count). The van der Waals surface area contributed by atoms with Crippen molar-refractivity contribution in [2.45, 2.75) is 26.4 Å². The molecule has 0 saturated heterocycles. The summed E-state index contributed by atoms with van der Waals surface area (Å²) < 4.78 is 11.6. The van der Waals surface area contributed by atoms with Crippen LogP contribution in [0.3, 0.4) is 0 Å². The Morgan fingerprint density at radius 2 is 1.70 bits per heavy atom. The van der Waals surface area contributed by atoms with E-state index in [2.05, 4.69) is 6.92 Å². The summed E-state index contributed by atoms with van der Waals surface area (Å²) in [4.78, 5) is 0. The zero-order chi connectivity index (χ0) is 14.4. The first-order valence-corrected chi connectivity index (χ1v) is 6.95. The average Bonchev–Trinajstić information content (AvgIpc) is 2.49. The van der Waals surface area contributed by atoms with Gasteiger partial charge in [0.25, 0.3) is 0 Å². The SMILES string of the molecule is CCCOc1cccc(OC(C)c2ccccc2)c1N. The van der Waals surface area contributed by atoms with Gasteiger partial charge in [-0.15, -0.1) is 0 Å². The van der Waals surface area contributed by atoms with Crippen LogP contribution in [0.4, 0.5) is 5.69 Å². The zero-order valence-corrected chi connectivity index (χ0v) is 12.0. The molecule has 3 heteroatoms. The molecular formula is C17H21NO2. The molecular weight excluding hydrogens is 250 g/mol. The van der Waals surface area contributed by atoms with Gasteiger partial charge in [-0.05, 0) is 31.0 Å². The predicted molar refractivity (Wildman–Crippen MR) is 82.1 cm³/mol. The van der Waals surface area contributed by atoms with Gasteiger partial charge in [-0.25, -0.2) is 0 Å². The highest BCUT2D eigenvalue weighted by atomic mass is 16.5. The molecule has 0 aliphatic carbocycles. The normalized spacial score (nSPS) is 11.9. The fourth-order valence-electron chi connectivity index (χ4n) is 1.95. The van der Waals surface area contributed by atoms with Gasteiger partial charge in [0, 0.05) is 0 Å². The van der Waals surface area contributed by atoms with Crippen molar-refractivity contribution in [3.8, 4) is 11.5 Å². The number of benzene rings is 2. The standard InChI is InChI=1S/C17H21NO2/c1-3-12-19-15-10-7-11-16(17(15)18)20-13(2)14-8-5-4-6-9-14/h4-11,13H,3,12,18H2,1-2H3. The third kappa shape index (κ3) is 3.44. The fraction of sp³-hybridized carbons (Fsp3) is 0.294. The van der Waals surface area contributed by atoms with E-state index in [0.29, 0.717) is 23.8 Å². The second-order valence-electron chi connectivity index (χ2n) is 4.69. The quantitative estimate of drug-likeness (QED) is 0.801. The maximum Gasteiger partial charge on any atom is 0.146 e. The molecule has 1 unspecified atom stereocenters. The Bertz CT molecular complexity index is 540. The first kappa shape index (κ1) is 14.3. The molecule has 0 aromatic heterocycles. The van der Waals surface area contributed by atoms with Crippen molar-refractivity contribution in [2.75, 3.05) is 12.3 Å². The van der Waals surface area contributed by atoms with E-state index in [4.69, 9.17) is 15.2 Å². The lowest BCUT2D eigenvalue weighted by Gasteiger charge is -2.18. The average molecular weight is 271 g/mol. The summed E-state index contributed by atoms with van der Waals surface area (Å²) in [5, 5.41) is 0. The number of hydrogen-bond acceptors (Lipinski definition) is 3. The van der Waals surface area contributed by atoms with Crippen LogP contribution in [0.2, 0.25) is 0 Å². The monoisotopic (exact) mass is 271 g/mol. The number of nitrogens with two attached hydrogens (primary N) is 1. The van der Waals surface area contributed by atoms with Crippen LogP contribution in [0.15, 0.2) is 48.5 Å². The Balaban J connectivity index is 2.13. The van der Waals surface area contributed by atoms with Gasteiger partial charge in [0.05, 0.1) is 6.61 Å². The Hall–Kier alpha value is -2.16. The lowest BCUT2D eigenvalue weighted by molar-refractivity contribution is 0.226. The molecule has 0 spiro atoms. The van der Waals surface area contributed by atoms with Gasteiger partial charge in [0.2, 0.25) is 0 Å².